The van der Waals surface area contributed by atoms with E-state index in [0.29, 0.717) is 16.7 Å². The third kappa shape index (κ3) is 2.90. The molecule has 1 fully saturated rings. The second-order valence-electron chi connectivity index (χ2n) is 5.66. The van der Waals surface area contributed by atoms with Crippen LogP contribution in [0.4, 0.5) is 0 Å². The summed E-state index contributed by atoms with van der Waals surface area (Å²) in [5.74, 6) is 0.691. The van der Waals surface area contributed by atoms with Crippen molar-refractivity contribution >= 4 is 17.6 Å². The van der Waals surface area contributed by atoms with Crippen molar-refractivity contribution in [2.75, 3.05) is 0 Å². The third-order valence-corrected chi connectivity index (χ3v) is 4.42. The Morgan fingerprint density at radius 1 is 1.17 bits per heavy atom. The van der Waals surface area contributed by atoms with Gasteiger partial charge in [0.25, 0.3) is 0 Å². The maximum Gasteiger partial charge on any atom is 0.314 e. The van der Waals surface area contributed by atoms with Crippen LogP contribution in [-0.4, -0.2) is 16.2 Å². The molecule has 0 radical (unpaired) electrons. The van der Waals surface area contributed by atoms with Gasteiger partial charge in [0.2, 0.25) is 12.3 Å². The van der Waals surface area contributed by atoms with E-state index < -0.39 is 0 Å². The van der Waals surface area contributed by atoms with E-state index in [1.54, 1.807) is 24.3 Å². The van der Waals surface area contributed by atoms with E-state index in [9.17, 15) is 4.79 Å². The van der Waals surface area contributed by atoms with Crippen molar-refractivity contribution in [1.82, 2.24) is 10.2 Å². The Morgan fingerprint density at radius 3 is 2.67 bits per heavy atom. The summed E-state index contributed by atoms with van der Waals surface area (Å²) < 4.78 is 10.6. The molecule has 1 aromatic heterocycles. The highest BCUT2D eigenvalue weighted by Crippen LogP contribution is 2.50. The predicted octanol–water partition coefficient (Wildman–Crippen LogP) is 4.10. The number of ether oxygens (including phenoxy) is 1. The van der Waals surface area contributed by atoms with Gasteiger partial charge in [0.05, 0.1) is 5.92 Å². The maximum atomic E-state index is 12.3. The van der Waals surface area contributed by atoms with Crippen molar-refractivity contribution in [3.05, 3.63) is 65.5 Å². The van der Waals surface area contributed by atoms with Crippen LogP contribution < -0.4 is 4.74 Å². The molecule has 0 aliphatic heterocycles. The molecule has 24 heavy (non-hydrogen) atoms. The first-order valence-corrected chi connectivity index (χ1v) is 7.93. The van der Waals surface area contributed by atoms with E-state index in [-0.39, 0.29) is 17.8 Å². The van der Waals surface area contributed by atoms with Crippen molar-refractivity contribution in [2.45, 2.75) is 12.3 Å². The molecule has 120 valence electrons. The molecule has 0 spiro atoms. The van der Waals surface area contributed by atoms with E-state index in [4.69, 9.17) is 20.8 Å². The molecule has 1 aliphatic rings. The van der Waals surface area contributed by atoms with Crippen LogP contribution in [0.15, 0.2) is 59.3 Å². The number of esters is 1. The smallest absolute Gasteiger partial charge is 0.314 e. The molecule has 5 nitrogen and oxygen atoms in total. The first-order chi connectivity index (χ1) is 11.7. The minimum Gasteiger partial charge on any atom is -0.426 e. The largest absolute Gasteiger partial charge is 0.426 e. The minimum absolute atomic E-state index is 0.138. The van der Waals surface area contributed by atoms with E-state index in [0.717, 1.165) is 17.5 Å². The van der Waals surface area contributed by atoms with Crippen LogP contribution in [0.2, 0.25) is 5.02 Å². The van der Waals surface area contributed by atoms with Crippen LogP contribution in [0.3, 0.4) is 0 Å². The lowest BCUT2D eigenvalue weighted by Crippen LogP contribution is -2.11. The van der Waals surface area contributed by atoms with Gasteiger partial charge in [-0.2, -0.15) is 0 Å². The molecule has 6 heteroatoms. The van der Waals surface area contributed by atoms with Gasteiger partial charge < -0.3 is 9.15 Å². The second kappa shape index (κ2) is 6.09. The molecule has 0 N–H and O–H groups in total. The summed E-state index contributed by atoms with van der Waals surface area (Å²) in [4.78, 5) is 12.3. The standard InChI is InChI=1S/C18H13ClN2O3/c19-16-4-2-1-3-13(16)14-9-15(14)18(22)24-12-7-5-11(6-8-12)17-21-20-10-23-17/h1-8,10,14-15H,9H2. The summed E-state index contributed by atoms with van der Waals surface area (Å²) in [6, 6.07) is 14.6. The highest BCUT2D eigenvalue weighted by molar-refractivity contribution is 6.31. The average molecular weight is 341 g/mol. The Bertz CT molecular complexity index is 862. The molecule has 0 bridgehead atoms. The lowest BCUT2D eigenvalue weighted by Gasteiger charge is -2.05. The van der Waals surface area contributed by atoms with Crippen LogP contribution in [0.5, 0.6) is 5.75 Å². The van der Waals surface area contributed by atoms with Crippen molar-refractivity contribution in [3.8, 4) is 17.2 Å². The number of rotatable bonds is 4. The number of nitrogens with zero attached hydrogens (tertiary/aromatic N) is 2. The zero-order chi connectivity index (χ0) is 16.5. The van der Waals surface area contributed by atoms with Crippen LogP contribution in [-0.2, 0) is 4.79 Å². The molecule has 1 aliphatic carbocycles. The number of hydrogen-bond donors (Lipinski definition) is 0. The fourth-order valence-electron chi connectivity index (χ4n) is 2.73. The molecule has 3 aromatic rings. The molecular weight excluding hydrogens is 328 g/mol. The topological polar surface area (TPSA) is 65.2 Å². The molecule has 2 atom stereocenters. The fraction of sp³-hybridized carbons (Fsp3) is 0.167. The van der Waals surface area contributed by atoms with E-state index in [2.05, 4.69) is 10.2 Å². The molecule has 1 saturated carbocycles. The summed E-state index contributed by atoms with van der Waals surface area (Å²) in [6.45, 7) is 0. The molecule has 2 unspecified atom stereocenters. The highest BCUT2D eigenvalue weighted by Gasteiger charge is 2.46. The molecule has 0 saturated heterocycles. The zero-order valence-corrected chi connectivity index (χ0v) is 13.3. The Morgan fingerprint density at radius 2 is 1.96 bits per heavy atom. The van der Waals surface area contributed by atoms with Crippen LogP contribution in [0, 0.1) is 5.92 Å². The number of carbonyl (C=O) groups excluding carboxylic acids is 1. The first kappa shape index (κ1) is 14.9. The Hall–Kier alpha value is -2.66. The van der Waals surface area contributed by atoms with Gasteiger partial charge in [-0.3, -0.25) is 4.79 Å². The summed E-state index contributed by atoms with van der Waals surface area (Å²) >= 11 is 6.18. The Balaban J connectivity index is 1.41. The van der Waals surface area contributed by atoms with Gasteiger partial charge in [0.15, 0.2) is 0 Å². The van der Waals surface area contributed by atoms with Crippen LogP contribution in [0.1, 0.15) is 17.9 Å². The summed E-state index contributed by atoms with van der Waals surface area (Å²) in [7, 11) is 0. The van der Waals surface area contributed by atoms with Gasteiger partial charge in [-0.05, 0) is 48.2 Å². The molecule has 1 heterocycles. The summed E-state index contributed by atoms with van der Waals surface area (Å²) in [5, 5.41) is 8.16. The molecular formula is C18H13ClN2O3. The SMILES string of the molecule is O=C(Oc1ccc(-c2nnco2)cc1)C1CC1c1ccccc1Cl. The summed E-state index contributed by atoms with van der Waals surface area (Å²) in [6.07, 6.45) is 2.04. The normalized spacial score (nSPS) is 19.0. The number of hydrogen-bond acceptors (Lipinski definition) is 5. The van der Waals surface area contributed by atoms with Gasteiger partial charge in [0, 0.05) is 10.6 Å². The number of benzene rings is 2. The lowest BCUT2D eigenvalue weighted by atomic mass is 10.1. The number of aromatic nitrogens is 2. The Kier molecular flexibility index (Phi) is 3.78. The van der Waals surface area contributed by atoms with Crippen molar-refractivity contribution < 1.29 is 13.9 Å². The van der Waals surface area contributed by atoms with E-state index >= 15 is 0 Å². The number of halogens is 1. The van der Waals surface area contributed by atoms with Crippen molar-refractivity contribution in [3.63, 3.8) is 0 Å². The van der Waals surface area contributed by atoms with Crippen LogP contribution in [0.25, 0.3) is 11.5 Å². The quantitative estimate of drug-likeness (QED) is 0.528. The fourth-order valence-corrected chi connectivity index (χ4v) is 3.01. The van der Waals surface area contributed by atoms with Gasteiger partial charge in [-0.1, -0.05) is 29.8 Å². The minimum atomic E-state index is -0.231. The van der Waals surface area contributed by atoms with Crippen molar-refractivity contribution in [1.29, 1.82) is 0 Å². The summed E-state index contributed by atoms with van der Waals surface area (Å²) in [5.41, 5.74) is 1.78. The van der Waals surface area contributed by atoms with Crippen molar-refractivity contribution in [2.24, 2.45) is 5.92 Å². The third-order valence-electron chi connectivity index (χ3n) is 4.08. The zero-order valence-electron chi connectivity index (χ0n) is 12.6. The first-order valence-electron chi connectivity index (χ1n) is 7.55. The monoisotopic (exact) mass is 340 g/mol. The maximum absolute atomic E-state index is 12.3. The number of carbonyl (C=O) groups is 1. The molecule has 0 amide bonds. The highest BCUT2D eigenvalue weighted by atomic mass is 35.5. The van der Waals surface area contributed by atoms with Gasteiger partial charge >= 0.3 is 5.97 Å². The van der Waals surface area contributed by atoms with Gasteiger partial charge in [-0.15, -0.1) is 10.2 Å². The van der Waals surface area contributed by atoms with E-state index in [1.807, 2.05) is 24.3 Å². The lowest BCUT2D eigenvalue weighted by molar-refractivity contribution is -0.135. The molecule has 4 rings (SSSR count). The average Bonchev–Trinajstić information content (AvgIpc) is 3.20. The van der Waals surface area contributed by atoms with Crippen LogP contribution >= 0.6 is 11.6 Å². The second-order valence-corrected chi connectivity index (χ2v) is 6.07. The van der Waals surface area contributed by atoms with Gasteiger partial charge in [0.1, 0.15) is 5.75 Å². The van der Waals surface area contributed by atoms with E-state index in [1.165, 1.54) is 6.39 Å². The predicted molar refractivity (Wildman–Crippen MR) is 87.7 cm³/mol. The molecule has 2 aromatic carbocycles. The van der Waals surface area contributed by atoms with Gasteiger partial charge in [-0.25, -0.2) is 0 Å². The Labute approximate surface area is 143 Å².